The van der Waals surface area contributed by atoms with Gasteiger partial charge in [-0.05, 0) is 50.8 Å². The number of furan rings is 1. The first-order valence-corrected chi connectivity index (χ1v) is 8.23. The second kappa shape index (κ2) is 7.79. The Bertz CT molecular complexity index is 814. The van der Waals surface area contributed by atoms with Crippen molar-refractivity contribution in [2.24, 2.45) is 0 Å². The minimum atomic E-state index is -0.160. The average molecular weight is 366 g/mol. The standard InChI is InChI=1S/C17H19N3O2S.ClH/c1-12-6-7-13-15(11-12)23-17(18-13)20(9-8-19(2)3)16(21)14-5-4-10-22-14;/h4-7,10-11H,8-9H2,1-3H3;1H. The van der Waals surface area contributed by atoms with E-state index in [2.05, 4.69) is 18.0 Å². The van der Waals surface area contributed by atoms with Crippen LogP contribution in [-0.4, -0.2) is 43.0 Å². The number of nitrogens with zero attached hydrogens (tertiary/aromatic N) is 3. The molecule has 0 aliphatic carbocycles. The average Bonchev–Trinajstić information content (AvgIpc) is 3.15. The molecule has 2 heterocycles. The van der Waals surface area contributed by atoms with Crippen molar-refractivity contribution in [3.63, 3.8) is 0 Å². The SMILES string of the molecule is Cc1ccc2nc(N(CCN(C)C)C(=O)c3ccco3)sc2c1.Cl. The molecule has 0 N–H and O–H groups in total. The Hall–Kier alpha value is -1.89. The van der Waals surface area contributed by atoms with Crippen molar-refractivity contribution < 1.29 is 9.21 Å². The number of carbonyl (C=O) groups is 1. The Balaban J connectivity index is 0.00000208. The van der Waals surface area contributed by atoms with Gasteiger partial charge in [-0.25, -0.2) is 4.98 Å². The molecular weight excluding hydrogens is 346 g/mol. The van der Waals surface area contributed by atoms with Crippen molar-refractivity contribution in [3.8, 4) is 0 Å². The largest absolute Gasteiger partial charge is 0.459 e. The molecule has 5 nitrogen and oxygen atoms in total. The Morgan fingerprint density at radius 3 is 2.71 bits per heavy atom. The molecule has 1 aromatic carbocycles. The molecule has 0 radical (unpaired) electrons. The molecule has 7 heteroatoms. The zero-order valence-electron chi connectivity index (χ0n) is 13.9. The van der Waals surface area contributed by atoms with Crippen LogP contribution in [0.15, 0.2) is 41.0 Å². The van der Waals surface area contributed by atoms with Gasteiger partial charge >= 0.3 is 0 Å². The van der Waals surface area contributed by atoms with Crippen LogP contribution >= 0.6 is 23.7 Å². The van der Waals surface area contributed by atoms with Crippen LogP contribution in [0.25, 0.3) is 10.2 Å². The maximum atomic E-state index is 12.7. The fraction of sp³-hybridized carbons (Fsp3) is 0.294. The van der Waals surface area contributed by atoms with E-state index in [1.165, 1.54) is 23.2 Å². The summed E-state index contributed by atoms with van der Waals surface area (Å²) in [6, 6.07) is 9.52. The van der Waals surface area contributed by atoms with Crippen molar-refractivity contribution in [2.75, 3.05) is 32.1 Å². The molecule has 128 valence electrons. The highest BCUT2D eigenvalue weighted by molar-refractivity contribution is 7.22. The third-order valence-electron chi connectivity index (χ3n) is 3.51. The van der Waals surface area contributed by atoms with Crippen molar-refractivity contribution in [1.29, 1.82) is 0 Å². The Labute approximate surface area is 151 Å². The number of fused-ring (bicyclic) bond motifs is 1. The molecule has 0 saturated carbocycles. The number of carbonyl (C=O) groups excluding carboxylic acids is 1. The predicted molar refractivity (Wildman–Crippen MR) is 101 cm³/mol. The van der Waals surface area contributed by atoms with Crippen molar-refractivity contribution in [1.82, 2.24) is 9.88 Å². The molecule has 0 aliphatic heterocycles. The van der Waals surface area contributed by atoms with Crippen LogP contribution in [-0.2, 0) is 0 Å². The molecule has 2 aromatic heterocycles. The van der Waals surface area contributed by atoms with Crippen LogP contribution in [0, 0.1) is 6.92 Å². The number of benzene rings is 1. The van der Waals surface area contributed by atoms with E-state index in [0.717, 1.165) is 16.8 Å². The molecule has 0 saturated heterocycles. The van der Waals surface area contributed by atoms with Gasteiger partial charge in [0.25, 0.3) is 5.91 Å². The summed E-state index contributed by atoms with van der Waals surface area (Å²) in [6.45, 7) is 3.36. The molecule has 0 atom stereocenters. The smallest absolute Gasteiger partial charge is 0.295 e. The highest BCUT2D eigenvalue weighted by Crippen LogP contribution is 2.30. The van der Waals surface area contributed by atoms with Crippen molar-refractivity contribution >= 4 is 45.0 Å². The van der Waals surface area contributed by atoms with Gasteiger partial charge in [0.2, 0.25) is 0 Å². The minimum Gasteiger partial charge on any atom is -0.459 e. The third-order valence-corrected chi connectivity index (χ3v) is 4.55. The molecule has 0 spiro atoms. The first kappa shape index (κ1) is 18.4. The highest BCUT2D eigenvalue weighted by atomic mass is 35.5. The molecule has 1 amide bonds. The lowest BCUT2D eigenvalue weighted by molar-refractivity contribution is 0.0958. The van der Waals surface area contributed by atoms with E-state index >= 15 is 0 Å². The molecule has 3 aromatic rings. The van der Waals surface area contributed by atoms with E-state index in [-0.39, 0.29) is 18.3 Å². The zero-order chi connectivity index (χ0) is 16.4. The monoisotopic (exact) mass is 365 g/mol. The lowest BCUT2D eigenvalue weighted by atomic mass is 10.2. The van der Waals surface area contributed by atoms with Crippen molar-refractivity contribution in [3.05, 3.63) is 47.9 Å². The van der Waals surface area contributed by atoms with Crippen LogP contribution in [0.5, 0.6) is 0 Å². The van der Waals surface area contributed by atoms with Crippen LogP contribution in [0.2, 0.25) is 0 Å². The number of likely N-dealkylation sites (N-methyl/N-ethyl adjacent to an activating group) is 1. The van der Waals surface area contributed by atoms with E-state index in [0.29, 0.717) is 17.4 Å². The van der Waals surface area contributed by atoms with Gasteiger partial charge in [-0.1, -0.05) is 17.4 Å². The van der Waals surface area contributed by atoms with E-state index in [1.807, 2.05) is 31.1 Å². The topological polar surface area (TPSA) is 49.6 Å². The number of aromatic nitrogens is 1. The zero-order valence-corrected chi connectivity index (χ0v) is 15.5. The number of amides is 1. The number of aryl methyl sites for hydroxylation is 1. The molecule has 0 fully saturated rings. The Kier molecular flexibility index (Phi) is 5.99. The molecule has 3 rings (SSSR count). The van der Waals surface area contributed by atoms with Gasteiger partial charge in [0.05, 0.1) is 16.5 Å². The second-order valence-corrected chi connectivity index (χ2v) is 6.71. The quantitative estimate of drug-likeness (QED) is 0.689. The molecule has 0 unspecified atom stereocenters. The minimum absolute atomic E-state index is 0. The first-order valence-electron chi connectivity index (χ1n) is 7.42. The van der Waals surface area contributed by atoms with Gasteiger partial charge in [-0.3, -0.25) is 9.69 Å². The van der Waals surface area contributed by atoms with Gasteiger partial charge in [-0.15, -0.1) is 12.4 Å². The summed E-state index contributed by atoms with van der Waals surface area (Å²) in [5, 5.41) is 0.703. The Morgan fingerprint density at radius 2 is 2.04 bits per heavy atom. The second-order valence-electron chi connectivity index (χ2n) is 5.70. The van der Waals surface area contributed by atoms with Crippen LogP contribution in [0.4, 0.5) is 5.13 Å². The van der Waals surface area contributed by atoms with E-state index in [9.17, 15) is 4.79 Å². The number of halogens is 1. The van der Waals surface area contributed by atoms with Gasteiger partial charge in [0.1, 0.15) is 0 Å². The lowest BCUT2D eigenvalue weighted by Crippen LogP contribution is -2.36. The summed E-state index contributed by atoms with van der Waals surface area (Å²) >= 11 is 1.53. The summed E-state index contributed by atoms with van der Waals surface area (Å²) in [4.78, 5) is 21.1. The van der Waals surface area contributed by atoms with Gasteiger partial charge in [0.15, 0.2) is 10.9 Å². The molecule has 24 heavy (non-hydrogen) atoms. The predicted octanol–water partition coefficient (Wildman–Crippen LogP) is 3.83. The van der Waals surface area contributed by atoms with E-state index in [1.54, 1.807) is 17.0 Å². The van der Waals surface area contributed by atoms with Crippen LogP contribution < -0.4 is 4.90 Å². The number of thiazole rings is 1. The van der Waals surface area contributed by atoms with Gasteiger partial charge in [-0.2, -0.15) is 0 Å². The molecule has 0 bridgehead atoms. The fourth-order valence-electron chi connectivity index (χ4n) is 2.25. The highest BCUT2D eigenvalue weighted by Gasteiger charge is 2.23. The molecular formula is C17H20ClN3O2S. The van der Waals surface area contributed by atoms with E-state index in [4.69, 9.17) is 4.42 Å². The number of rotatable bonds is 5. The lowest BCUT2D eigenvalue weighted by Gasteiger charge is -2.20. The third kappa shape index (κ3) is 3.95. The van der Waals surface area contributed by atoms with Crippen LogP contribution in [0.1, 0.15) is 16.1 Å². The Morgan fingerprint density at radius 1 is 1.25 bits per heavy atom. The van der Waals surface area contributed by atoms with Gasteiger partial charge in [0, 0.05) is 13.1 Å². The fourth-order valence-corrected chi connectivity index (χ4v) is 3.34. The van der Waals surface area contributed by atoms with E-state index < -0.39 is 0 Å². The summed E-state index contributed by atoms with van der Waals surface area (Å²) in [5.74, 6) is 0.173. The van der Waals surface area contributed by atoms with Crippen LogP contribution in [0.3, 0.4) is 0 Å². The number of hydrogen-bond donors (Lipinski definition) is 0. The summed E-state index contributed by atoms with van der Waals surface area (Å²) in [7, 11) is 3.97. The maximum absolute atomic E-state index is 12.7. The summed E-state index contributed by atoms with van der Waals surface area (Å²) in [6.07, 6.45) is 1.51. The normalized spacial score (nSPS) is 10.8. The summed E-state index contributed by atoms with van der Waals surface area (Å²) < 4.78 is 6.36. The summed E-state index contributed by atoms with van der Waals surface area (Å²) in [5.41, 5.74) is 2.10. The number of hydrogen-bond acceptors (Lipinski definition) is 5. The molecule has 0 aliphatic rings. The van der Waals surface area contributed by atoms with Crippen molar-refractivity contribution in [2.45, 2.75) is 6.92 Å². The first-order chi connectivity index (χ1) is 11.0. The maximum Gasteiger partial charge on any atom is 0.295 e. The number of anilines is 1. The van der Waals surface area contributed by atoms with Gasteiger partial charge < -0.3 is 9.32 Å².